The normalized spacial score (nSPS) is 11.8. The molecule has 0 radical (unpaired) electrons. The van der Waals surface area contributed by atoms with E-state index in [-0.39, 0.29) is 23.6 Å². The van der Waals surface area contributed by atoms with Crippen LogP contribution in [0.1, 0.15) is 12.5 Å². The van der Waals surface area contributed by atoms with E-state index < -0.39 is 16.8 Å². The first-order valence-electron chi connectivity index (χ1n) is 8.73. The lowest BCUT2D eigenvalue weighted by atomic mass is 10.2. The van der Waals surface area contributed by atoms with Gasteiger partial charge in [-0.3, -0.25) is 19.7 Å². The number of rotatable bonds is 6. The highest BCUT2D eigenvalue weighted by Gasteiger charge is 2.15. The fourth-order valence-electron chi connectivity index (χ4n) is 2.61. The van der Waals surface area contributed by atoms with E-state index in [1.807, 2.05) is 30.3 Å². The Labute approximate surface area is 169 Å². The van der Waals surface area contributed by atoms with E-state index >= 15 is 0 Å². The van der Waals surface area contributed by atoms with E-state index in [0.29, 0.717) is 10.2 Å². The SMILES string of the molecule is CCOC(=O)Cn1c(=NC(=O)/C=C/c2ccccc2)sc2ccc([N+](=O)[O-])cc21. The van der Waals surface area contributed by atoms with Crippen molar-refractivity contribution in [3.05, 3.63) is 75.1 Å². The molecule has 2 aromatic carbocycles. The summed E-state index contributed by atoms with van der Waals surface area (Å²) in [6, 6.07) is 13.6. The summed E-state index contributed by atoms with van der Waals surface area (Å²) >= 11 is 1.17. The van der Waals surface area contributed by atoms with Crippen molar-refractivity contribution in [1.29, 1.82) is 0 Å². The summed E-state index contributed by atoms with van der Waals surface area (Å²) in [6.45, 7) is 1.68. The van der Waals surface area contributed by atoms with Crippen LogP contribution in [0.15, 0.2) is 59.6 Å². The molecular formula is C20H17N3O5S. The predicted octanol–water partition coefficient (Wildman–Crippen LogP) is 3.31. The van der Waals surface area contributed by atoms with Crippen LogP contribution < -0.4 is 4.80 Å². The minimum absolute atomic E-state index is 0.116. The number of nitrogens with zero attached hydrogens (tertiary/aromatic N) is 3. The smallest absolute Gasteiger partial charge is 0.326 e. The molecule has 1 amide bonds. The summed E-state index contributed by atoms with van der Waals surface area (Å²) in [5.41, 5.74) is 1.17. The number of carbonyl (C=O) groups is 2. The number of aromatic nitrogens is 1. The Hall–Kier alpha value is -3.59. The van der Waals surface area contributed by atoms with Crippen molar-refractivity contribution in [2.24, 2.45) is 4.99 Å². The Morgan fingerprint density at radius 1 is 1.24 bits per heavy atom. The first-order chi connectivity index (χ1) is 14.0. The van der Waals surface area contributed by atoms with Gasteiger partial charge in [0.05, 0.1) is 21.7 Å². The molecule has 0 unspecified atom stereocenters. The van der Waals surface area contributed by atoms with Crippen LogP contribution in [0, 0.1) is 10.1 Å². The third-order valence-corrected chi connectivity index (χ3v) is 4.95. The Morgan fingerprint density at radius 3 is 2.69 bits per heavy atom. The Bertz CT molecular complexity index is 1160. The van der Waals surface area contributed by atoms with Crippen LogP contribution in [0.4, 0.5) is 5.69 Å². The van der Waals surface area contributed by atoms with E-state index in [2.05, 4.69) is 4.99 Å². The van der Waals surface area contributed by atoms with Gasteiger partial charge in [0, 0.05) is 18.2 Å². The number of non-ortho nitro benzene ring substituents is 1. The standard InChI is InChI=1S/C20H17N3O5S/c1-2-28-19(25)13-22-16-12-15(23(26)27)9-10-17(16)29-20(22)21-18(24)11-8-14-6-4-3-5-7-14/h3-12H,2,13H2,1H3/b11-8+,21-20?. The number of hydrogen-bond donors (Lipinski definition) is 0. The van der Waals surface area contributed by atoms with Gasteiger partial charge in [0.2, 0.25) is 0 Å². The zero-order valence-electron chi connectivity index (χ0n) is 15.5. The molecular weight excluding hydrogens is 394 g/mol. The van der Waals surface area contributed by atoms with E-state index in [0.717, 1.165) is 5.56 Å². The third kappa shape index (κ3) is 5.02. The van der Waals surface area contributed by atoms with E-state index in [1.165, 1.54) is 34.1 Å². The average molecular weight is 411 g/mol. The van der Waals surface area contributed by atoms with Gasteiger partial charge in [-0.25, -0.2) is 0 Å². The number of carbonyl (C=O) groups excluding carboxylic acids is 2. The van der Waals surface area contributed by atoms with Crippen molar-refractivity contribution >= 4 is 45.2 Å². The maximum Gasteiger partial charge on any atom is 0.326 e. The molecule has 1 aromatic heterocycles. The van der Waals surface area contributed by atoms with Gasteiger partial charge in [0.25, 0.3) is 11.6 Å². The second kappa shape index (κ2) is 9.07. The summed E-state index contributed by atoms with van der Waals surface area (Å²) in [5, 5.41) is 11.1. The monoisotopic (exact) mass is 411 g/mol. The van der Waals surface area contributed by atoms with Crippen LogP contribution in [0.25, 0.3) is 16.3 Å². The van der Waals surface area contributed by atoms with Gasteiger partial charge in [-0.05, 0) is 24.6 Å². The molecule has 3 aromatic rings. The first kappa shape index (κ1) is 20.2. The number of thiazole rings is 1. The molecule has 0 aliphatic carbocycles. The summed E-state index contributed by atoms with van der Waals surface area (Å²) in [7, 11) is 0. The summed E-state index contributed by atoms with van der Waals surface area (Å²) in [5.74, 6) is -1.03. The van der Waals surface area contributed by atoms with E-state index in [4.69, 9.17) is 4.74 Å². The van der Waals surface area contributed by atoms with Gasteiger partial charge < -0.3 is 9.30 Å². The van der Waals surface area contributed by atoms with Crippen LogP contribution in [-0.2, 0) is 20.9 Å². The molecule has 0 aliphatic rings. The highest BCUT2D eigenvalue weighted by molar-refractivity contribution is 7.16. The molecule has 0 N–H and O–H groups in total. The van der Waals surface area contributed by atoms with Crippen molar-refractivity contribution in [2.75, 3.05) is 6.61 Å². The van der Waals surface area contributed by atoms with Crippen LogP contribution in [0.5, 0.6) is 0 Å². The van der Waals surface area contributed by atoms with Crippen molar-refractivity contribution in [2.45, 2.75) is 13.5 Å². The molecule has 3 rings (SSSR count). The van der Waals surface area contributed by atoms with E-state index in [1.54, 1.807) is 19.1 Å². The first-order valence-corrected chi connectivity index (χ1v) is 9.55. The lowest BCUT2D eigenvalue weighted by molar-refractivity contribution is -0.384. The van der Waals surface area contributed by atoms with Crippen molar-refractivity contribution < 1.29 is 19.2 Å². The summed E-state index contributed by atoms with van der Waals surface area (Å²) in [6.07, 6.45) is 2.97. The number of ether oxygens (including phenoxy) is 1. The average Bonchev–Trinajstić information content (AvgIpc) is 3.03. The quantitative estimate of drug-likeness (QED) is 0.268. The fraction of sp³-hybridized carbons (Fsp3) is 0.150. The van der Waals surface area contributed by atoms with Crippen molar-refractivity contribution in [1.82, 2.24) is 4.57 Å². The minimum atomic E-state index is -0.521. The highest BCUT2D eigenvalue weighted by atomic mass is 32.1. The lowest BCUT2D eigenvalue weighted by Gasteiger charge is -2.04. The van der Waals surface area contributed by atoms with Gasteiger partial charge >= 0.3 is 5.97 Å². The fourth-order valence-corrected chi connectivity index (χ4v) is 3.62. The number of nitro groups is 1. The number of nitro benzene ring substituents is 1. The minimum Gasteiger partial charge on any atom is -0.465 e. The second-order valence-electron chi connectivity index (χ2n) is 5.88. The van der Waals surface area contributed by atoms with Crippen LogP contribution in [-0.4, -0.2) is 28.0 Å². The van der Waals surface area contributed by atoms with Gasteiger partial charge in [-0.2, -0.15) is 4.99 Å². The van der Waals surface area contributed by atoms with Gasteiger partial charge in [0.15, 0.2) is 4.80 Å². The highest BCUT2D eigenvalue weighted by Crippen LogP contribution is 2.23. The number of fused-ring (bicyclic) bond motifs is 1. The molecule has 29 heavy (non-hydrogen) atoms. The van der Waals surface area contributed by atoms with Gasteiger partial charge in [-0.1, -0.05) is 41.7 Å². The zero-order chi connectivity index (χ0) is 20.8. The number of benzene rings is 2. The number of amides is 1. The van der Waals surface area contributed by atoms with Crippen molar-refractivity contribution in [3.63, 3.8) is 0 Å². The number of hydrogen-bond acceptors (Lipinski definition) is 6. The van der Waals surface area contributed by atoms with Gasteiger partial charge in [-0.15, -0.1) is 0 Å². The van der Waals surface area contributed by atoms with Crippen molar-refractivity contribution in [3.8, 4) is 0 Å². The molecule has 0 bridgehead atoms. The molecule has 0 spiro atoms. The molecule has 0 saturated carbocycles. The third-order valence-electron chi connectivity index (χ3n) is 3.89. The van der Waals surface area contributed by atoms with Crippen LogP contribution in [0.2, 0.25) is 0 Å². The molecule has 0 fully saturated rings. The van der Waals surface area contributed by atoms with Crippen LogP contribution >= 0.6 is 11.3 Å². The zero-order valence-corrected chi connectivity index (χ0v) is 16.3. The molecule has 9 heteroatoms. The molecule has 148 valence electrons. The lowest BCUT2D eigenvalue weighted by Crippen LogP contribution is -2.22. The Morgan fingerprint density at radius 2 is 2.00 bits per heavy atom. The molecule has 1 heterocycles. The second-order valence-corrected chi connectivity index (χ2v) is 6.89. The summed E-state index contributed by atoms with van der Waals surface area (Å²) in [4.78, 5) is 39.3. The summed E-state index contributed by atoms with van der Waals surface area (Å²) < 4.78 is 7.10. The van der Waals surface area contributed by atoms with E-state index in [9.17, 15) is 19.7 Å². The maximum absolute atomic E-state index is 12.3. The van der Waals surface area contributed by atoms with Gasteiger partial charge in [0.1, 0.15) is 6.54 Å². The van der Waals surface area contributed by atoms with Crippen LogP contribution in [0.3, 0.4) is 0 Å². The molecule has 8 nitrogen and oxygen atoms in total. The Balaban J connectivity index is 2.03. The number of esters is 1. The Kier molecular flexibility index (Phi) is 6.30. The maximum atomic E-state index is 12.3. The topological polar surface area (TPSA) is 104 Å². The largest absolute Gasteiger partial charge is 0.465 e. The molecule has 0 saturated heterocycles. The molecule has 0 atom stereocenters. The predicted molar refractivity (Wildman–Crippen MR) is 109 cm³/mol. The molecule has 0 aliphatic heterocycles.